The molecule has 1 aliphatic rings. The van der Waals surface area contributed by atoms with Crippen molar-refractivity contribution in [3.63, 3.8) is 0 Å². The number of nitrogens with one attached hydrogen (secondary N) is 2. The minimum absolute atomic E-state index is 0.00564. The molecule has 1 saturated heterocycles. The molecule has 3 heterocycles. The number of hydrogen-bond acceptors (Lipinski definition) is 3. The van der Waals surface area contributed by atoms with E-state index in [9.17, 15) is 17.2 Å². The van der Waals surface area contributed by atoms with Crippen molar-refractivity contribution in [1.29, 1.82) is 0 Å². The third-order valence-electron chi connectivity index (χ3n) is 4.53. The molecule has 1 fully saturated rings. The van der Waals surface area contributed by atoms with E-state index in [1.54, 1.807) is 6.07 Å². The first-order valence-electron chi connectivity index (χ1n) is 8.29. The van der Waals surface area contributed by atoms with Crippen molar-refractivity contribution in [2.24, 2.45) is 0 Å². The van der Waals surface area contributed by atoms with Crippen LogP contribution in [0.15, 0.2) is 35.1 Å². The van der Waals surface area contributed by atoms with E-state index in [0.29, 0.717) is 15.5 Å². The molecule has 0 bridgehead atoms. The highest BCUT2D eigenvalue weighted by atomic mass is 79.9. The molecule has 6 nitrogen and oxygen atoms in total. The molecule has 0 aliphatic carbocycles. The summed E-state index contributed by atoms with van der Waals surface area (Å²) in [7, 11) is -4.16. The average Bonchev–Trinajstić information content (AvgIpc) is 3.25. The normalized spacial score (nSPS) is 18.1. The van der Waals surface area contributed by atoms with Gasteiger partial charge in [-0.05, 0) is 40.5 Å². The Morgan fingerprint density at radius 3 is 2.82 bits per heavy atom. The topological polar surface area (TPSA) is 78.1 Å². The quantitative estimate of drug-likeness (QED) is 0.600. The molecule has 11 heteroatoms. The molecule has 0 unspecified atom stereocenters. The summed E-state index contributed by atoms with van der Waals surface area (Å²) < 4.78 is 71.4. The van der Waals surface area contributed by atoms with Crippen LogP contribution in [0.1, 0.15) is 6.42 Å². The van der Waals surface area contributed by atoms with Crippen LogP contribution >= 0.6 is 15.9 Å². The number of aromatic amines is 1. The van der Waals surface area contributed by atoms with Crippen LogP contribution in [-0.2, 0) is 10.2 Å². The maximum absolute atomic E-state index is 15.1. The molecule has 0 saturated carbocycles. The number of halogens is 4. The Morgan fingerprint density at radius 1 is 1.32 bits per heavy atom. The number of rotatable bonds is 4. The van der Waals surface area contributed by atoms with Crippen molar-refractivity contribution in [3.05, 3.63) is 46.7 Å². The standard InChI is InChI=1S/C17H14BrF3N4O2S/c18-9-5-11-12(7-23-17(11)22-6-9)15-13(20)1-2-14(16(15)21)24-28(26,27)25-4-3-10(19)8-25/h1-2,5-7,10,24H,3-4,8H2,(H,22,23)/t10-/m1/s1. The number of benzene rings is 1. The summed E-state index contributed by atoms with van der Waals surface area (Å²) in [5.74, 6) is -1.92. The van der Waals surface area contributed by atoms with Crippen LogP contribution < -0.4 is 4.72 Å². The fraction of sp³-hybridized carbons (Fsp3) is 0.235. The van der Waals surface area contributed by atoms with Gasteiger partial charge in [-0.3, -0.25) is 4.72 Å². The summed E-state index contributed by atoms with van der Waals surface area (Å²) in [6.45, 7) is -0.304. The smallest absolute Gasteiger partial charge is 0.301 e. The highest BCUT2D eigenvalue weighted by molar-refractivity contribution is 9.10. The molecule has 0 spiro atoms. The molecule has 3 aromatic rings. The molecule has 148 valence electrons. The number of aromatic nitrogens is 2. The van der Waals surface area contributed by atoms with Crippen LogP contribution in [0.5, 0.6) is 0 Å². The van der Waals surface area contributed by atoms with Gasteiger partial charge in [-0.2, -0.15) is 12.7 Å². The van der Waals surface area contributed by atoms with Gasteiger partial charge in [0.2, 0.25) is 0 Å². The predicted octanol–water partition coefficient (Wildman–Crippen LogP) is 3.97. The van der Waals surface area contributed by atoms with Crippen molar-refractivity contribution in [3.8, 4) is 11.1 Å². The van der Waals surface area contributed by atoms with Gasteiger partial charge >= 0.3 is 10.2 Å². The van der Waals surface area contributed by atoms with Crippen LogP contribution in [0.2, 0.25) is 0 Å². The van der Waals surface area contributed by atoms with Gasteiger partial charge in [0.1, 0.15) is 17.6 Å². The van der Waals surface area contributed by atoms with Crippen molar-refractivity contribution >= 4 is 42.9 Å². The maximum atomic E-state index is 15.1. The molecule has 0 radical (unpaired) electrons. The fourth-order valence-corrected chi connectivity index (χ4v) is 4.77. The minimum Gasteiger partial charge on any atom is -0.346 e. The Kier molecular flexibility index (Phi) is 4.84. The number of nitrogens with zero attached hydrogens (tertiary/aromatic N) is 2. The lowest BCUT2D eigenvalue weighted by Gasteiger charge is -2.18. The first-order chi connectivity index (χ1) is 13.3. The molecule has 1 aliphatic heterocycles. The third-order valence-corrected chi connectivity index (χ3v) is 6.45. The zero-order valence-corrected chi connectivity index (χ0v) is 16.6. The summed E-state index contributed by atoms with van der Waals surface area (Å²) in [4.78, 5) is 6.96. The number of anilines is 1. The predicted molar refractivity (Wildman–Crippen MR) is 103 cm³/mol. The van der Waals surface area contributed by atoms with E-state index < -0.39 is 39.3 Å². The van der Waals surface area contributed by atoms with Gasteiger partial charge < -0.3 is 4.98 Å². The van der Waals surface area contributed by atoms with E-state index in [2.05, 4.69) is 30.6 Å². The van der Waals surface area contributed by atoms with Gasteiger partial charge in [0.05, 0.1) is 11.3 Å². The fourth-order valence-electron chi connectivity index (χ4n) is 3.17. The molecule has 28 heavy (non-hydrogen) atoms. The molecule has 1 aromatic carbocycles. The molecule has 1 atom stereocenters. The summed E-state index contributed by atoms with van der Waals surface area (Å²) >= 11 is 3.27. The zero-order chi connectivity index (χ0) is 20.1. The van der Waals surface area contributed by atoms with E-state index in [1.165, 1.54) is 12.4 Å². The molecule has 4 rings (SSSR count). The second kappa shape index (κ2) is 7.05. The second-order valence-electron chi connectivity index (χ2n) is 6.39. The highest BCUT2D eigenvalue weighted by Gasteiger charge is 2.32. The third kappa shape index (κ3) is 3.38. The van der Waals surface area contributed by atoms with E-state index in [4.69, 9.17) is 0 Å². The van der Waals surface area contributed by atoms with Gasteiger partial charge in [0.15, 0.2) is 5.82 Å². The Labute approximate surface area is 167 Å². The van der Waals surface area contributed by atoms with Crippen LogP contribution in [0, 0.1) is 11.6 Å². The van der Waals surface area contributed by atoms with E-state index >= 15 is 4.39 Å². The second-order valence-corrected chi connectivity index (χ2v) is 8.97. The lowest BCUT2D eigenvalue weighted by atomic mass is 10.0. The molecular formula is C17H14BrF3N4O2S. The zero-order valence-electron chi connectivity index (χ0n) is 14.2. The lowest BCUT2D eigenvalue weighted by Crippen LogP contribution is -2.34. The highest BCUT2D eigenvalue weighted by Crippen LogP contribution is 2.36. The summed E-state index contributed by atoms with van der Waals surface area (Å²) in [6.07, 6.45) is 1.75. The summed E-state index contributed by atoms with van der Waals surface area (Å²) in [6, 6.07) is 3.62. The SMILES string of the molecule is O=S(=O)(Nc1ccc(F)c(-c2c[nH]c3ncc(Br)cc23)c1F)N1CC[C@@H](F)C1. The van der Waals surface area contributed by atoms with Gasteiger partial charge in [0.25, 0.3) is 0 Å². The lowest BCUT2D eigenvalue weighted by molar-refractivity contribution is 0.343. The number of pyridine rings is 1. The molecule has 0 amide bonds. The van der Waals surface area contributed by atoms with E-state index in [-0.39, 0.29) is 25.1 Å². The maximum Gasteiger partial charge on any atom is 0.301 e. The minimum atomic E-state index is -4.16. The number of hydrogen-bond donors (Lipinski definition) is 2. The van der Waals surface area contributed by atoms with Crippen molar-refractivity contribution in [2.45, 2.75) is 12.6 Å². The van der Waals surface area contributed by atoms with E-state index in [1.807, 2.05) is 0 Å². The van der Waals surface area contributed by atoms with Crippen LogP contribution in [0.4, 0.5) is 18.9 Å². The van der Waals surface area contributed by atoms with Crippen LogP contribution in [0.3, 0.4) is 0 Å². The number of alkyl halides is 1. The molecular weight excluding hydrogens is 461 g/mol. The summed E-state index contributed by atoms with van der Waals surface area (Å²) in [5, 5.41) is 0.465. The van der Waals surface area contributed by atoms with Crippen LogP contribution in [0.25, 0.3) is 22.2 Å². The van der Waals surface area contributed by atoms with Gasteiger partial charge in [0, 0.05) is 40.9 Å². The van der Waals surface area contributed by atoms with Gasteiger partial charge in [-0.1, -0.05) is 0 Å². The van der Waals surface area contributed by atoms with Gasteiger partial charge in [-0.15, -0.1) is 0 Å². The monoisotopic (exact) mass is 474 g/mol. The first-order valence-corrected chi connectivity index (χ1v) is 10.5. The Hall–Kier alpha value is -2.11. The molecule has 2 aromatic heterocycles. The van der Waals surface area contributed by atoms with Crippen molar-refractivity contribution < 1.29 is 21.6 Å². The van der Waals surface area contributed by atoms with Crippen LogP contribution in [-0.4, -0.2) is 42.0 Å². The Morgan fingerprint density at radius 2 is 2.11 bits per heavy atom. The first kappa shape index (κ1) is 19.2. The molecule has 2 N–H and O–H groups in total. The number of fused-ring (bicyclic) bond motifs is 1. The van der Waals surface area contributed by atoms with Crippen molar-refractivity contribution in [2.75, 3.05) is 17.8 Å². The number of H-pyrrole nitrogens is 1. The van der Waals surface area contributed by atoms with Gasteiger partial charge in [-0.25, -0.2) is 18.2 Å². The van der Waals surface area contributed by atoms with E-state index in [0.717, 1.165) is 16.4 Å². The Bertz CT molecular complexity index is 1170. The Balaban J connectivity index is 1.77. The largest absolute Gasteiger partial charge is 0.346 e. The van der Waals surface area contributed by atoms with Crippen molar-refractivity contribution in [1.82, 2.24) is 14.3 Å². The summed E-state index contributed by atoms with van der Waals surface area (Å²) in [5.41, 5.74) is -0.189. The average molecular weight is 475 g/mol.